The number of anilines is 1. The summed E-state index contributed by atoms with van der Waals surface area (Å²) < 4.78 is 0. The van der Waals surface area contributed by atoms with E-state index in [0.717, 1.165) is 25.3 Å². The first-order valence-corrected chi connectivity index (χ1v) is 6.95. The summed E-state index contributed by atoms with van der Waals surface area (Å²) in [4.78, 5) is 5.11. The van der Waals surface area contributed by atoms with Gasteiger partial charge < -0.3 is 5.73 Å². The van der Waals surface area contributed by atoms with Gasteiger partial charge in [-0.05, 0) is 38.1 Å². The summed E-state index contributed by atoms with van der Waals surface area (Å²) in [5.41, 5.74) is 8.06. The zero-order chi connectivity index (χ0) is 13.1. The van der Waals surface area contributed by atoms with Crippen LogP contribution in [0.3, 0.4) is 0 Å². The van der Waals surface area contributed by atoms with Crippen molar-refractivity contribution in [1.82, 2.24) is 9.80 Å². The van der Waals surface area contributed by atoms with Crippen LogP contribution in [0.15, 0.2) is 24.3 Å². The van der Waals surface area contributed by atoms with Crippen molar-refractivity contribution in [3.8, 4) is 0 Å². The van der Waals surface area contributed by atoms with Gasteiger partial charge in [-0.3, -0.25) is 9.80 Å². The van der Waals surface area contributed by atoms with Crippen LogP contribution < -0.4 is 5.73 Å². The fourth-order valence-electron chi connectivity index (χ4n) is 2.87. The van der Waals surface area contributed by atoms with E-state index in [1.165, 1.54) is 12.1 Å². The third-order valence-electron chi connectivity index (χ3n) is 4.14. The summed E-state index contributed by atoms with van der Waals surface area (Å²) in [7, 11) is 0. The van der Waals surface area contributed by atoms with Gasteiger partial charge in [-0.2, -0.15) is 0 Å². The molecule has 2 rings (SSSR count). The van der Waals surface area contributed by atoms with Crippen molar-refractivity contribution >= 4 is 5.69 Å². The van der Waals surface area contributed by atoms with E-state index in [1.54, 1.807) is 0 Å². The molecule has 1 heterocycles. The Morgan fingerprint density at radius 3 is 2.78 bits per heavy atom. The van der Waals surface area contributed by atoms with Crippen molar-refractivity contribution in [1.29, 1.82) is 0 Å². The molecule has 0 amide bonds. The third-order valence-corrected chi connectivity index (χ3v) is 4.14. The molecule has 0 saturated carbocycles. The van der Waals surface area contributed by atoms with E-state index in [1.807, 2.05) is 12.1 Å². The van der Waals surface area contributed by atoms with Gasteiger partial charge in [-0.25, -0.2) is 0 Å². The maximum Gasteiger partial charge on any atom is 0.0321 e. The van der Waals surface area contributed by atoms with Crippen molar-refractivity contribution in [3.05, 3.63) is 29.8 Å². The number of nitrogens with two attached hydrogens (primary N) is 1. The SMILES string of the molecule is CCN1CCN(C(C)c2cccc(N)c2)CC1C. The zero-order valence-electron chi connectivity index (χ0n) is 11.8. The van der Waals surface area contributed by atoms with E-state index in [2.05, 4.69) is 42.7 Å². The largest absolute Gasteiger partial charge is 0.399 e. The second kappa shape index (κ2) is 5.72. The number of benzene rings is 1. The van der Waals surface area contributed by atoms with E-state index in [0.29, 0.717) is 12.1 Å². The Balaban J connectivity index is 2.04. The second-order valence-electron chi connectivity index (χ2n) is 5.32. The van der Waals surface area contributed by atoms with Crippen LogP contribution in [0.4, 0.5) is 5.69 Å². The molecule has 0 spiro atoms. The molecule has 2 unspecified atom stereocenters. The standard InChI is InChI=1S/C15H25N3/c1-4-17-8-9-18(11-12(17)2)13(3)14-6-5-7-15(16)10-14/h5-7,10,12-13H,4,8-9,11,16H2,1-3H3. The minimum absolute atomic E-state index is 0.454. The first-order valence-electron chi connectivity index (χ1n) is 6.95. The molecule has 1 aromatic carbocycles. The van der Waals surface area contributed by atoms with Crippen molar-refractivity contribution in [2.45, 2.75) is 32.9 Å². The van der Waals surface area contributed by atoms with Crippen LogP contribution in [-0.4, -0.2) is 42.0 Å². The molecule has 1 aliphatic heterocycles. The molecule has 0 aliphatic carbocycles. The van der Waals surface area contributed by atoms with Gasteiger partial charge >= 0.3 is 0 Å². The minimum atomic E-state index is 0.454. The first kappa shape index (κ1) is 13.4. The smallest absolute Gasteiger partial charge is 0.0321 e. The molecule has 18 heavy (non-hydrogen) atoms. The third kappa shape index (κ3) is 2.85. The molecule has 2 atom stereocenters. The lowest BCUT2D eigenvalue weighted by molar-refractivity contribution is 0.0636. The summed E-state index contributed by atoms with van der Waals surface area (Å²) in [5.74, 6) is 0. The van der Waals surface area contributed by atoms with Crippen molar-refractivity contribution < 1.29 is 0 Å². The van der Waals surface area contributed by atoms with Gasteiger partial charge in [-0.1, -0.05) is 19.1 Å². The van der Waals surface area contributed by atoms with Crippen molar-refractivity contribution in [3.63, 3.8) is 0 Å². The number of likely N-dealkylation sites (N-methyl/N-ethyl adjacent to an activating group) is 1. The highest BCUT2D eigenvalue weighted by Gasteiger charge is 2.26. The van der Waals surface area contributed by atoms with Gasteiger partial charge in [0.05, 0.1) is 0 Å². The molecule has 1 aliphatic rings. The first-order chi connectivity index (χ1) is 8.61. The van der Waals surface area contributed by atoms with Crippen LogP contribution in [-0.2, 0) is 0 Å². The van der Waals surface area contributed by atoms with Gasteiger partial charge in [0.1, 0.15) is 0 Å². The molecular formula is C15H25N3. The molecule has 3 nitrogen and oxygen atoms in total. The Hall–Kier alpha value is -1.06. The highest BCUT2D eigenvalue weighted by molar-refractivity contribution is 5.41. The van der Waals surface area contributed by atoms with Crippen molar-refractivity contribution in [2.24, 2.45) is 0 Å². The molecule has 1 aromatic rings. The Kier molecular flexibility index (Phi) is 4.25. The second-order valence-corrected chi connectivity index (χ2v) is 5.32. The number of piperazine rings is 1. The van der Waals surface area contributed by atoms with Crippen LogP contribution in [0, 0.1) is 0 Å². The summed E-state index contributed by atoms with van der Waals surface area (Å²) in [5, 5.41) is 0. The fraction of sp³-hybridized carbons (Fsp3) is 0.600. The normalized spacial score (nSPS) is 24.1. The van der Waals surface area contributed by atoms with Gasteiger partial charge in [0.15, 0.2) is 0 Å². The summed E-state index contributed by atoms with van der Waals surface area (Å²) in [6, 6.07) is 9.38. The van der Waals surface area contributed by atoms with Crippen LogP contribution in [0.5, 0.6) is 0 Å². The lowest BCUT2D eigenvalue weighted by Crippen LogP contribution is -2.52. The predicted octanol–water partition coefficient (Wildman–Crippen LogP) is 2.36. The molecule has 3 heteroatoms. The van der Waals surface area contributed by atoms with E-state index in [4.69, 9.17) is 5.73 Å². The highest BCUT2D eigenvalue weighted by Crippen LogP contribution is 2.24. The molecule has 1 fully saturated rings. The summed E-state index contributed by atoms with van der Waals surface area (Å²) >= 11 is 0. The summed E-state index contributed by atoms with van der Waals surface area (Å²) in [6.07, 6.45) is 0. The van der Waals surface area contributed by atoms with Gasteiger partial charge in [0.25, 0.3) is 0 Å². The number of nitrogens with zero attached hydrogens (tertiary/aromatic N) is 2. The lowest BCUT2D eigenvalue weighted by atomic mass is 10.0. The van der Waals surface area contributed by atoms with Crippen molar-refractivity contribution in [2.75, 3.05) is 31.9 Å². The Labute approximate surface area is 111 Å². The molecule has 0 bridgehead atoms. The van der Waals surface area contributed by atoms with E-state index >= 15 is 0 Å². The Morgan fingerprint density at radius 1 is 1.39 bits per heavy atom. The molecule has 2 N–H and O–H groups in total. The molecule has 100 valence electrons. The predicted molar refractivity (Wildman–Crippen MR) is 77.6 cm³/mol. The number of rotatable bonds is 3. The van der Waals surface area contributed by atoms with Gasteiger partial charge in [0, 0.05) is 37.4 Å². The zero-order valence-corrected chi connectivity index (χ0v) is 11.8. The highest BCUT2D eigenvalue weighted by atomic mass is 15.3. The number of nitrogen functional groups attached to an aromatic ring is 1. The Bertz CT molecular complexity index is 391. The maximum atomic E-state index is 5.87. The molecule has 0 radical (unpaired) electrons. The van der Waals surface area contributed by atoms with Crippen LogP contribution in [0.1, 0.15) is 32.4 Å². The summed E-state index contributed by atoms with van der Waals surface area (Å²) in [6.45, 7) is 11.5. The quantitative estimate of drug-likeness (QED) is 0.832. The lowest BCUT2D eigenvalue weighted by Gasteiger charge is -2.42. The average molecular weight is 247 g/mol. The number of hydrogen-bond acceptors (Lipinski definition) is 3. The molecule has 1 saturated heterocycles. The minimum Gasteiger partial charge on any atom is -0.399 e. The van der Waals surface area contributed by atoms with Gasteiger partial charge in [-0.15, -0.1) is 0 Å². The van der Waals surface area contributed by atoms with Crippen LogP contribution >= 0.6 is 0 Å². The topological polar surface area (TPSA) is 32.5 Å². The average Bonchev–Trinajstić information content (AvgIpc) is 2.37. The van der Waals surface area contributed by atoms with Gasteiger partial charge in [0.2, 0.25) is 0 Å². The number of hydrogen-bond donors (Lipinski definition) is 1. The Morgan fingerprint density at radius 2 is 2.17 bits per heavy atom. The van der Waals surface area contributed by atoms with Crippen LogP contribution in [0.2, 0.25) is 0 Å². The van der Waals surface area contributed by atoms with E-state index < -0.39 is 0 Å². The van der Waals surface area contributed by atoms with E-state index in [-0.39, 0.29) is 0 Å². The van der Waals surface area contributed by atoms with Crippen LogP contribution in [0.25, 0.3) is 0 Å². The monoisotopic (exact) mass is 247 g/mol. The van der Waals surface area contributed by atoms with E-state index in [9.17, 15) is 0 Å². The molecular weight excluding hydrogens is 222 g/mol. The maximum absolute atomic E-state index is 5.87. The molecule has 0 aromatic heterocycles. The fourth-order valence-corrected chi connectivity index (χ4v) is 2.87.